The van der Waals surface area contributed by atoms with E-state index in [0.29, 0.717) is 17.6 Å². The Hall–Kier alpha value is -0.590. The van der Waals surface area contributed by atoms with Crippen molar-refractivity contribution in [1.82, 2.24) is 0 Å². The van der Waals surface area contributed by atoms with Gasteiger partial charge >= 0.3 is 0 Å². The van der Waals surface area contributed by atoms with Gasteiger partial charge in [-0.25, -0.2) is 0 Å². The second kappa shape index (κ2) is 1.94. The molecule has 1 heteroatoms. The van der Waals surface area contributed by atoms with Crippen molar-refractivity contribution in [3.05, 3.63) is 12.2 Å². The zero-order valence-corrected chi connectivity index (χ0v) is 6.21. The third-order valence-corrected chi connectivity index (χ3v) is 2.74. The Balaban J connectivity index is 2.05. The minimum absolute atomic E-state index is 0.441. The van der Waals surface area contributed by atoms with Crippen molar-refractivity contribution in [3.63, 3.8) is 0 Å². The Kier molecular flexibility index (Phi) is 1.19. The summed E-state index contributed by atoms with van der Waals surface area (Å²) < 4.78 is 0. The number of carbonyl (C=O) groups excluding carboxylic acids is 1. The van der Waals surface area contributed by atoms with E-state index in [2.05, 4.69) is 12.2 Å². The molecule has 54 valence electrons. The van der Waals surface area contributed by atoms with E-state index in [4.69, 9.17) is 0 Å². The third-order valence-electron chi connectivity index (χ3n) is 2.74. The molecule has 0 spiro atoms. The van der Waals surface area contributed by atoms with Gasteiger partial charge in [0.15, 0.2) is 0 Å². The van der Waals surface area contributed by atoms with Gasteiger partial charge < -0.3 is 0 Å². The molecular formula is C9H12O. The van der Waals surface area contributed by atoms with Gasteiger partial charge in [-0.1, -0.05) is 12.2 Å². The number of carbonyl (C=O) groups is 1. The molecule has 1 nitrogen and oxygen atoms in total. The molecule has 2 rings (SSSR count). The number of hydrogen-bond acceptors (Lipinski definition) is 1. The Morgan fingerprint density at radius 3 is 2.90 bits per heavy atom. The third kappa shape index (κ3) is 0.664. The van der Waals surface area contributed by atoms with E-state index in [1.54, 1.807) is 0 Å². The molecule has 2 aliphatic rings. The summed E-state index contributed by atoms with van der Waals surface area (Å²) in [7, 11) is 0. The Morgan fingerprint density at radius 2 is 2.40 bits per heavy atom. The van der Waals surface area contributed by atoms with E-state index < -0.39 is 0 Å². The van der Waals surface area contributed by atoms with Crippen molar-refractivity contribution >= 4 is 5.78 Å². The summed E-state index contributed by atoms with van der Waals surface area (Å²) >= 11 is 0. The molecule has 0 radical (unpaired) electrons. The molecule has 3 unspecified atom stereocenters. The van der Waals surface area contributed by atoms with E-state index in [1.165, 1.54) is 0 Å². The van der Waals surface area contributed by atoms with Crippen LogP contribution in [0.3, 0.4) is 0 Å². The Morgan fingerprint density at radius 1 is 1.60 bits per heavy atom. The van der Waals surface area contributed by atoms with Crippen LogP contribution in [-0.2, 0) is 4.79 Å². The molecule has 2 aliphatic carbocycles. The Bertz CT molecular complexity index is 193. The summed E-state index contributed by atoms with van der Waals surface area (Å²) in [6, 6.07) is 0. The average molecular weight is 136 g/mol. The summed E-state index contributed by atoms with van der Waals surface area (Å²) in [4.78, 5) is 11.1. The van der Waals surface area contributed by atoms with Crippen LogP contribution in [0, 0.1) is 17.8 Å². The van der Waals surface area contributed by atoms with Crippen LogP contribution in [0.2, 0.25) is 0 Å². The second-order valence-electron chi connectivity index (χ2n) is 3.30. The molecule has 3 atom stereocenters. The highest BCUT2D eigenvalue weighted by Gasteiger charge is 2.56. The SMILES string of the molecule is C/C=C\C1C2CCC(=O)C12. The molecule has 0 aromatic carbocycles. The molecule has 0 heterocycles. The summed E-state index contributed by atoms with van der Waals surface area (Å²) in [5.41, 5.74) is 0. The zero-order chi connectivity index (χ0) is 7.14. The maximum atomic E-state index is 11.1. The van der Waals surface area contributed by atoms with Gasteiger partial charge in [0.25, 0.3) is 0 Å². The first-order chi connectivity index (χ1) is 4.84. The largest absolute Gasteiger partial charge is 0.299 e. The van der Waals surface area contributed by atoms with E-state index in [-0.39, 0.29) is 0 Å². The molecular weight excluding hydrogens is 124 g/mol. The standard InChI is InChI=1S/C9H12O/c1-2-3-6-7-4-5-8(10)9(6)7/h2-3,6-7,9H,4-5H2,1H3/b3-2-. The van der Waals surface area contributed by atoms with E-state index in [9.17, 15) is 4.79 Å². The number of rotatable bonds is 1. The number of Topliss-reactive ketones (excluding diaryl/α,β-unsaturated/α-hetero) is 1. The van der Waals surface area contributed by atoms with E-state index in [0.717, 1.165) is 18.8 Å². The van der Waals surface area contributed by atoms with Crippen LogP contribution in [0.15, 0.2) is 12.2 Å². The highest BCUT2D eigenvalue weighted by molar-refractivity contribution is 5.87. The lowest BCUT2D eigenvalue weighted by atomic mass is 10.1. The summed E-state index contributed by atoms with van der Waals surface area (Å²) in [6.45, 7) is 2.03. The monoisotopic (exact) mass is 136 g/mol. The van der Waals surface area contributed by atoms with Crippen molar-refractivity contribution in [2.75, 3.05) is 0 Å². The average Bonchev–Trinajstić information content (AvgIpc) is 2.45. The van der Waals surface area contributed by atoms with Gasteiger partial charge in [0.2, 0.25) is 0 Å². The van der Waals surface area contributed by atoms with Crippen molar-refractivity contribution < 1.29 is 4.79 Å². The lowest BCUT2D eigenvalue weighted by Crippen LogP contribution is -1.96. The first-order valence-electron chi connectivity index (χ1n) is 4.00. The lowest BCUT2D eigenvalue weighted by Gasteiger charge is -1.92. The fraction of sp³-hybridized carbons (Fsp3) is 0.667. The van der Waals surface area contributed by atoms with Crippen molar-refractivity contribution in [2.45, 2.75) is 19.8 Å². The number of ketones is 1. The van der Waals surface area contributed by atoms with E-state index in [1.807, 2.05) is 6.92 Å². The van der Waals surface area contributed by atoms with Gasteiger partial charge in [0.1, 0.15) is 5.78 Å². The predicted molar refractivity (Wildman–Crippen MR) is 39.5 cm³/mol. The van der Waals surface area contributed by atoms with Gasteiger partial charge in [-0.2, -0.15) is 0 Å². The zero-order valence-electron chi connectivity index (χ0n) is 6.21. The highest BCUT2D eigenvalue weighted by Crippen LogP contribution is 2.56. The topological polar surface area (TPSA) is 17.1 Å². The maximum absolute atomic E-state index is 11.1. The maximum Gasteiger partial charge on any atom is 0.136 e. The number of allylic oxidation sites excluding steroid dienone is 2. The molecule has 0 amide bonds. The van der Waals surface area contributed by atoms with Crippen molar-refractivity contribution in [2.24, 2.45) is 17.8 Å². The minimum atomic E-state index is 0.441. The van der Waals surface area contributed by atoms with Crippen molar-refractivity contribution in [1.29, 1.82) is 0 Å². The van der Waals surface area contributed by atoms with Gasteiger partial charge in [0.05, 0.1) is 0 Å². The van der Waals surface area contributed by atoms with E-state index >= 15 is 0 Å². The molecule has 0 aromatic rings. The minimum Gasteiger partial charge on any atom is -0.299 e. The second-order valence-corrected chi connectivity index (χ2v) is 3.30. The van der Waals surface area contributed by atoms with Crippen LogP contribution >= 0.6 is 0 Å². The normalized spacial score (nSPS) is 44.5. The van der Waals surface area contributed by atoms with Gasteiger partial charge in [-0.05, 0) is 25.2 Å². The molecule has 0 aliphatic heterocycles. The fourth-order valence-corrected chi connectivity index (χ4v) is 2.19. The molecule has 0 saturated heterocycles. The van der Waals surface area contributed by atoms with Crippen LogP contribution in [0.1, 0.15) is 19.8 Å². The lowest BCUT2D eigenvalue weighted by molar-refractivity contribution is -0.119. The van der Waals surface area contributed by atoms with Crippen LogP contribution in [0.5, 0.6) is 0 Å². The predicted octanol–water partition coefficient (Wildman–Crippen LogP) is 1.79. The summed E-state index contributed by atoms with van der Waals surface area (Å²) in [6.07, 6.45) is 6.25. The Labute approximate surface area is 61.1 Å². The van der Waals surface area contributed by atoms with Crippen LogP contribution in [0.4, 0.5) is 0 Å². The summed E-state index contributed by atoms with van der Waals surface area (Å²) in [5, 5.41) is 0. The molecule has 0 N–H and O–H groups in total. The van der Waals surface area contributed by atoms with Crippen molar-refractivity contribution in [3.8, 4) is 0 Å². The molecule has 2 fully saturated rings. The fourth-order valence-electron chi connectivity index (χ4n) is 2.19. The van der Waals surface area contributed by atoms with Gasteiger partial charge in [-0.15, -0.1) is 0 Å². The molecule has 2 saturated carbocycles. The summed E-state index contributed by atoms with van der Waals surface area (Å²) in [5.74, 6) is 2.32. The van der Waals surface area contributed by atoms with Crippen LogP contribution < -0.4 is 0 Å². The molecule has 0 bridgehead atoms. The molecule has 0 aromatic heterocycles. The van der Waals surface area contributed by atoms with Gasteiger partial charge in [-0.3, -0.25) is 4.79 Å². The first-order valence-corrected chi connectivity index (χ1v) is 4.00. The highest BCUT2D eigenvalue weighted by atomic mass is 16.1. The molecule has 10 heavy (non-hydrogen) atoms. The van der Waals surface area contributed by atoms with Crippen LogP contribution in [-0.4, -0.2) is 5.78 Å². The quantitative estimate of drug-likeness (QED) is 0.502. The number of hydrogen-bond donors (Lipinski definition) is 0. The first kappa shape index (κ1) is 6.14. The van der Waals surface area contributed by atoms with Gasteiger partial charge in [0, 0.05) is 12.3 Å². The smallest absolute Gasteiger partial charge is 0.136 e. The number of fused-ring (bicyclic) bond motifs is 1. The van der Waals surface area contributed by atoms with Crippen LogP contribution in [0.25, 0.3) is 0 Å².